The topological polar surface area (TPSA) is 99.7 Å². The smallest absolute Gasteiger partial charge is 0.256 e. The summed E-state index contributed by atoms with van der Waals surface area (Å²) >= 11 is 0. The molecule has 2 fully saturated rings. The number of carbonyl (C=O) groups is 4. The minimum atomic E-state index is -0.995. The molecule has 0 saturated carbocycles. The van der Waals surface area contributed by atoms with Gasteiger partial charge in [-0.2, -0.15) is 0 Å². The van der Waals surface area contributed by atoms with Gasteiger partial charge < -0.3 is 15.1 Å². The summed E-state index contributed by atoms with van der Waals surface area (Å²) in [5.74, 6) is -1.76. The molecular weight excluding hydrogens is 523 g/mol. The number of fused-ring (bicyclic) bond motifs is 1. The highest BCUT2D eigenvalue weighted by molar-refractivity contribution is 6.03. The Balaban J connectivity index is 1.37. The predicted octanol–water partition coefficient (Wildman–Crippen LogP) is 3.55. The van der Waals surface area contributed by atoms with E-state index < -0.39 is 35.8 Å². The maximum atomic E-state index is 14.0. The normalized spacial score (nSPS) is 19.2. The third kappa shape index (κ3) is 5.89. The first-order valence-electron chi connectivity index (χ1n) is 13.7. The first-order chi connectivity index (χ1) is 19.5. The van der Waals surface area contributed by atoms with Crippen LogP contribution in [0, 0.1) is 5.82 Å². The number of benzene rings is 2. The molecule has 41 heavy (non-hydrogen) atoms. The van der Waals surface area contributed by atoms with Crippen LogP contribution in [-0.2, 0) is 21.4 Å². The Bertz CT molecular complexity index is 1450. The Labute approximate surface area is 238 Å². The van der Waals surface area contributed by atoms with Crippen molar-refractivity contribution < 1.29 is 23.6 Å². The molecule has 2 aromatic carbocycles. The molecule has 2 aliphatic heterocycles. The molecule has 9 heteroatoms. The van der Waals surface area contributed by atoms with Gasteiger partial charge in [-0.3, -0.25) is 24.2 Å². The van der Waals surface area contributed by atoms with Crippen molar-refractivity contribution in [3.05, 3.63) is 101 Å². The van der Waals surface area contributed by atoms with Gasteiger partial charge in [-0.25, -0.2) is 4.39 Å². The highest BCUT2D eigenvalue weighted by Gasteiger charge is 2.52. The number of hydrogen-bond acceptors (Lipinski definition) is 5. The van der Waals surface area contributed by atoms with E-state index >= 15 is 0 Å². The van der Waals surface area contributed by atoms with E-state index in [1.165, 1.54) is 28.1 Å². The maximum Gasteiger partial charge on any atom is 0.256 e. The van der Waals surface area contributed by atoms with Crippen molar-refractivity contribution in [1.82, 2.24) is 20.1 Å². The lowest BCUT2D eigenvalue weighted by Gasteiger charge is -2.28. The van der Waals surface area contributed by atoms with E-state index in [-0.39, 0.29) is 36.6 Å². The van der Waals surface area contributed by atoms with Gasteiger partial charge in [-0.1, -0.05) is 45.0 Å². The SMILES string of the molecule is CC(C)(C)c1ccc(C(=O)NC(Cc2ccc(F)cc2)C(=O)N2CCC3C2C(=O)CN3C(=O)c2cccnc2)cc1. The van der Waals surface area contributed by atoms with Gasteiger partial charge in [0.25, 0.3) is 11.8 Å². The van der Waals surface area contributed by atoms with Gasteiger partial charge in [0.05, 0.1) is 18.2 Å². The quantitative estimate of drug-likeness (QED) is 0.501. The van der Waals surface area contributed by atoms with Gasteiger partial charge in [0.15, 0.2) is 5.78 Å². The van der Waals surface area contributed by atoms with E-state index in [2.05, 4.69) is 31.1 Å². The highest BCUT2D eigenvalue weighted by atomic mass is 19.1. The molecule has 2 aliphatic rings. The van der Waals surface area contributed by atoms with E-state index in [1.807, 2.05) is 12.1 Å². The molecule has 8 nitrogen and oxygen atoms in total. The lowest BCUT2D eigenvalue weighted by atomic mass is 9.86. The first-order valence-corrected chi connectivity index (χ1v) is 13.7. The lowest BCUT2D eigenvalue weighted by Crippen LogP contribution is -2.53. The molecule has 0 bridgehead atoms. The fourth-order valence-electron chi connectivity index (χ4n) is 5.61. The third-order valence-corrected chi connectivity index (χ3v) is 7.84. The molecule has 5 rings (SSSR count). The number of halogens is 1. The summed E-state index contributed by atoms with van der Waals surface area (Å²) in [6, 6.07) is 14.1. The molecular formula is C32H33FN4O4. The average Bonchev–Trinajstić information content (AvgIpc) is 3.54. The van der Waals surface area contributed by atoms with Crippen molar-refractivity contribution in [3.63, 3.8) is 0 Å². The zero-order valence-corrected chi connectivity index (χ0v) is 23.3. The Morgan fingerprint density at radius 1 is 1.00 bits per heavy atom. The summed E-state index contributed by atoms with van der Waals surface area (Å²) in [7, 11) is 0. The highest BCUT2D eigenvalue weighted by Crippen LogP contribution is 2.31. The molecule has 3 amide bonds. The number of nitrogens with one attached hydrogen (secondary N) is 1. The van der Waals surface area contributed by atoms with Crippen LogP contribution in [0.2, 0.25) is 0 Å². The lowest BCUT2D eigenvalue weighted by molar-refractivity contribution is -0.138. The number of aromatic nitrogens is 1. The number of rotatable bonds is 6. The molecule has 0 radical (unpaired) electrons. The van der Waals surface area contributed by atoms with Crippen LogP contribution in [0.1, 0.15) is 59.0 Å². The molecule has 1 N–H and O–H groups in total. The summed E-state index contributed by atoms with van der Waals surface area (Å²) in [6.45, 7) is 6.42. The minimum absolute atomic E-state index is 0.0809. The van der Waals surface area contributed by atoms with E-state index in [9.17, 15) is 23.6 Å². The molecule has 0 spiro atoms. The van der Waals surface area contributed by atoms with Crippen LogP contribution in [0.4, 0.5) is 4.39 Å². The summed E-state index contributed by atoms with van der Waals surface area (Å²) in [4.78, 5) is 60.6. The van der Waals surface area contributed by atoms with Gasteiger partial charge in [0.1, 0.15) is 17.9 Å². The summed E-state index contributed by atoms with van der Waals surface area (Å²) in [5, 5.41) is 2.86. The van der Waals surface area contributed by atoms with Crippen molar-refractivity contribution in [1.29, 1.82) is 0 Å². The number of carbonyl (C=O) groups excluding carboxylic acids is 4. The number of nitrogens with zero attached hydrogens (tertiary/aromatic N) is 3. The molecule has 212 valence electrons. The average molecular weight is 557 g/mol. The minimum Gasteiger partial charge on any atom is -0.340 e. The number of hydrogen-bond donors (Lipinski definition) is 1. The van der Waals surface area contributed by atoms with E-state index in [0.29, 0.717) is 23.1 Å². The van der Waals surface area contributed by atoms with Crippen molar-refractivity contribution in [3.8, 4) is 0 Å². The molecule has 3 heterocycles. The second-order valence-electron chi connectivity index (χ2n) is 11.7. The van der Waals surface area contributed by atoms with E-state index in [1.54, 1.807) is 42.6 Å². The Kier molecular flexibility index (Phi) is 7.71. The molecule has 3 atom stereocenters. The van der Waals surface area contributed by atoms with Crippen LogP contribution in [0.15, 0.2) is 73.1 Å². The van der Waals surface area contributed by atoms with E-state index in [4.69, 9.17) is 0 Å². The molecule has 1 aromatic heterocycles. The molecule has 0 aliphatic carbocycles. The third-order valence-electron chi connectivity index (χ3n) is 7.84. The Morgan fingerprint density at radius 3 is 2.34 bits per heavy atom. The first kappa shape index (κ1) is 28.1. The Morgan fingerprint density at radius 2 is 1.71 bits per heavy atom. The van der Waals surface area contributed by atoms with Crippen molar-refractivity contribution in [2.24, 2.45) is 0 Å². The van der Waals surface area contributed by atoms with Gasteiger partial charge in [-0.15, -0.1) is 0 Å². The van der Waals surface area contributed by atoms with Gasteiger partial charge in [0.2, 0.25) is 5.91 Å². The number of likely N-dealkylation sites (tertiary alicyclic amines) is 2. The van der Waals surface area contributed by atoms with Gasteiger partial charge in [-0.05, 0) is 59.4 Å². The van der Waals surface area contributed by atoms with Crippen LogP contribution in [0.5, 0.6) is 0 Å². The molecule has 2 saturated heterocycles. The monoisotopic (exact) mass is 556 g/mol. The molecule has 3 aromatic rings. The van der Waals surface area contributed by atoms with E-state index in [0.717, 1.165) is 5.56 Å². The Hall–Kier alpha value is -4.40. The van der Waals surface area contributed by atoms with Crippen LogP contribution >= 0.6 is 0 Å². The van der Waals surface area contributed by atoms with Crippen molar-refractivity contribution >= 4 is 23.5 Å². The van der Waals surface area contributed by atoms with Crippen LogP contribution in [0.25, 0.3) is 0 Å². The number of pyridine rings is 1. The number of ketones is 1. The maximum absolute atomic E-state index is 14.0. The largest absolute Gasteiger partial charge is 0.340 e. The number of Topliss-reactive ketones (excluding diaryl/α,β-unsaturated/α-hetero) is 1. The zero-order chi connectivity index (χ0) is 29.3. The van der Waals surface area contributed by atoms with Gasteiger partial charge >= 0.3 is 0 Å². The predicted molar refractivity (Wildman–Crippen MR) is 151 cm³/mol. The fourth-order valence-corrected chi connectivity index (χ4v) is 5.61. The van der Waals surface area contributed by atoms with Crippen LogP contribution in [0.3, 0.4) is 0 Å². The summed E-state index contributed by atoms with van der Waals surface area (Å²) in [5.41, 5.74) is 2.43. The van der Waals surface area contributed by atoms with Gasteiger partial charge in [0, 0.05) is 30.9 Å². The summed E-state index contributed by atoms with van der Waals surface area (Å²) < 4.78 is 13.6. The van der Waals surface area contributed by atoms with Crippen molar-refractivity contribution in [2.75, 3.05) is 13.1 Å². The zero-order valence-electron chi connectivity index (χ0n) is 23.3. The van der Waals surface area contributed by atoms with Crippen molar-refractivity contribution in [2.45, 2.75) is 57.2 Å². The molecule has 3 unspecified atom stereocenters. The standard InChI is InChI=1S/C32H33FN4O4/c1-32(2,3)23-10-8-21(9-11-23)29(39)35-25(17-20-6-12-24(33)13-7-20)31(41)36-16-14-26-28(36)27(38)19-37(26)30(40)22-5-4-15-34-18-22/h4-13,15,18,25-26,28H,14,16-17,19H2,1-3H3,(H,35,39). The number of amides is 3. The second-order valence-corrected chi connectivity index (χ2v) is 11.7. The van der Waals surface area contributed by atoms with Crippen LogP contribution < -0.4 is 5.32 Å². The fraction of sp³-hybridized carbons (Fsp3) is 0.344. The van der Waals surface area contributed by atoms with Crippen LogP contribution in [-0.4, -0.2) is 69.5 Å². The summed E-state index contributed by atoms with van der Waals surface area (Å²) in [6.07, 6.45) is 3.59. The second kappa shape index (κ2) is 11.2.